The smallest absolute Gasteiger partial charge is 0.410 e. The van der Waals surface area contributed by atoms with Crippen LogP contribution >= 0.6 is 0 Å². The molecule has 0 bridgehead atoms. The fraction of sp³-hybridized carbons (Fsp3) is 0.472. The minimum Gasteiger partial charge on any atom is -0.436 e. The summed E-state index contributed by atoms with van der Waals surface area (Å²) < 4.78 is 7.88. The fourth-order valence-electron chi connectivity index (χ4n) is 7.94. The number of fused-ring (bicyclic) bond motifs is 4. The Morgan fingerprint density at radius 2 is 1.63 bits per heavy atom. The zero-order chi connectivity index (χ0) is 33.5. The monoisotopic (exact) mass is 665 g/mol. The number of nitrogens with zero attached hydrogens (tertiary/aromatic N) is 7. The summed E-state index contributed by atoms with van der Waals surface area (Å²) in [5, 5.41) is 8.94. The van der Waals surface area contributed by atoms with Crippen molar-refractivity contribution in [2.24, 2.45) is 0 Å². The summed E-state index contributed by atoms with van der Waals surface area (Å²) in [6.07, 6.45) is 5.37. The predicted octanol–water partition coefficient (Wildman–Crippen LogP) is 3.38. The molecule has 3 fully saturated rings. The average Bonchev–Trinajstić information content (AvgIpc) is 3.75. The number of amides is 2. The second-order valence-electron chi connectivity index (χ2n) is 13.8. The van der Waals surface area contributed by atoms with E-state index in [4.69, 9.17) is 4.74 Å². The second-order valence-corrected chi connectivity index (χ2v) is 13.8. The molecule has 3 aliphatic heterocycles. The van der Waals surface area contributed by atoms with Gasteiger partial charge >= 0.3 is 11.8 Å². The lowest BCUT2D eigenvalue weighted by atomic mass is 10.00. The number of benzene rings is 2. The lowest BCUT2D eigenvalue weighted by molar-refractivity contribution is -0.142. The molecule has 1 atom stereocenters. The maximum Gasteiger partial charge on any atom is 0.410 e. The van der Waals surface area contributed by atoms with Gasteiger partial charge < -0.3 is 24.4 Å². The summed E-state index contributed by atoms with van der Waals surface area (Å²) in [6.45, 7) is 6.41. The van der Waals surface area contributed by atoms with Gasteiger partial charge in [0.2, 0.25) is 0 Å². The Kier molecular flexibility index (Phi) is 8.54. The molecule has 13 nitrogen and oxygen atoms in total. The SMILES string of the molecule is CN1CCN(C2CCN(C(=O)[C@@H](Cc3ccc4[nH]ncc4c3)OC(=O)N3CCC(n4c(=O)[nH]c5c6ccccc6ncc54)CC3)CC2)CC1. The molecular weight excluding hydrogens is 622 g/mol. The van der Waals surface area contributed by atoms with Gasteiger partial charge in [-0.15, -0.1) is 0 Å². The van der Waals surface area contributed by atoms with E-state index in [0.29, 0.717) is 45.1 Å². The van der Waals surface area contributed by atoms with Crippen molar-refractivity contribution in [2.75, 3.05) is 59.4 Å². The normalized spacial score (nSPS) is 19.6. The number of carbonyl (C=O) groups is 2. The van der Waals surface area contributed by atoms with Crippen LogP contribution in [0.2, 0.25) is 0 Å². The Hall–Kier alpha value is -4.75. The fourth-order valence-corrected chi connectivity index (χ4v) is 7.94. The summed E-state index contributed by atoms with van der Waals surface area (Å²) in [5.74, 6) is -0.141. The van der Waals surface area contributed by atoms with E-state index in [-0.39, 0.29) is 24.1 Å². The third-order valence-electron chi connectivity index (χ3n) is 10.8. The zero-order valence-electron chi connectivity index (χ0n) is 27.9. The number of piperazine rings is 1. The molecule has 0 spiro atoms. The lowest BCUT2D eigenvalue weighted by Gasteiger charge is -2.42. The van der Waals surface area contributed by atoms with Gasteiger partial charge in [0.15, 0.2) is 6.10 Å². The third kappa shape index (κ3) is 6.28. The molecule has 0 unspecified atom stereocenters. The number of H-pyrrole nitrogens is 2. The van der Waals surface area contributed by atoms with Crippen LogP contribution in [0.4, 0.5) is 4.79 Å². The highest BCUT2D eigenvalue weighted by atomic mass is 16.6. The third-order valence-corrected chi connectivity index (χ3v) is 10.8. The molecule has 3 saturated heterocycles. The first-order valence-electron chi connectivity index (χ1n) is 17.5. The van der Waals surface area contributed by atoms with E-state index in [1.165, 1.54) is 0 Å². The van der Waals surface area contributed by atoms with Crippen molar-refractivity contribution in [2.45, 2.75) is 50.3 Å². The molecule has 2 N–H and O–H groups in total. The first-order chi connectivity index (χ1) is 23.9. The molecule has 0 saturated carbocycles. The van der Waals surface area contributed by atoms with Gasteiger partial charge in [0.25, 0.3) is 5.91 Å². The standard InChI is InChI=1S/C36H43N9O4/c1-41-16-18-42(19-17-41)26-8-12-43(13-9-26)34(46)32(21-24-6-7-29-25(20-24)22-38-40-29)49-36(48)44-14-10-27(11-15-44)45-31-23-37-30-5-3-2-4-28(30)33(31)39-35(45)47/h2-7,20,22-23,26-27,32H,8-19,21H2,1H3,(H,38,40)(H,39,47)/t32-/m1/s1. The van der Waals surface area contributed by atoms with Gasteiger partial charge in [0.1, 0.15) is 0 Å². The van der Waals surface area contributed by atoms with Gasteiger partial charge in [0.05, 0.1) is 34.5 Å². The summed E-state index contributed by atoms with van der Waals surface area (Å²) in [6, 6.07) is 14.0. The van der Waals surface area contributed by atoms with E-state index in [1.807, 2.05) is 47.4 Å². The maximum atomic E-state index is 14.1. The molecule has 6 heterocycles. The van der Waals surface area contributed by atoms with Crippen LogP contribution in [0.1, 0.15) is 37.3 Å². The van der Waals surface area contributed by atoms with Crippen LogP contribution in [0.15, 0.2) is 59.7 Å². The van der Waals surface area contributed by atoms with Gasteiger partial charge in [-0.25, -0.2) is 9.59 Å². The molecule has 256 valence electrons. The van der Waals surface area contributed by atoms with Gasteiger partial charge in [-0.3, -0.25) is 24.3 Å². The van der Waals surface area contributed by atoms with Gasteiger partial charge in [0, 0.05) is 81.6 Å². The number of piperidine rings is 2. The van der Waals surface area contributed by atoms with Crippen LogP contribution in [0, 0.1) is 0 Å². The number of nitrogens with one attached hydrogen (secondary N) is 2. The molecule has 49 heavy (non-hydrogen) atoms. The average molecular weight is 666 g/mol. The van der Waals surface area contributed by atoms with Crippen molar-refractivity contribution in [1.82, 2.24) is 44.3 Å². The molecule has 13 heteroatoms. The Morgan fingerprint density at radius 1 is 0.898 bits per heavy atom. The molecule has 5 aromatic rings. The second kappa shape index (κ2) is 13.3. The number of hydrogen-bond acceptors (Lipinski definition) is 8. The molecule has 0 radical (unpaired) electrons. The van der Waals surface area contributed by atoms with Crippen LogP contribution in [-0.2, 0) is 16.0 Å². The van der Waals surface area contributed by atoms with Crippen LogP contribution in [0.25, 0.3) is 32.8 Å². The minimum absolute atomic E-state index is 0.0889. The molecule has 3 aliphatic rings. The predicted molar refractivity (Wildman–Crippen MR) is 186 cm³/mol. The number of imidazole rings is 1. The largest absolute Gasteiger partial charge is 0.436 e. The van der Waals surface area contributed by atoms with E-state index < -0.39 is 12.2 Å². The van der Waals surface area contributed by atoms with Crippen molar-refractivity contribution in [3.05, 3.63) is 70.9 Å². The number of likely N-dealkylation sites (tertiary alicyclic amines) is 2. The van der Waals surface area contributed by atoms with E-state index in [2.05, 4.69) is 37.0 Å². The van der Waals surface area contributed by atoms with E-state index in [0.717, 1.165) is 77.4 Å². The van der Waals surface area contributed by atoms with E-state index in [1.54, 1.807) is 21.9 Å². The number of hydrogen-bond donors (Lipinski definition) is 2. The Balaban J connectivity index is 0.949. The Labute approximate surface area is 283 Å². The van der Waals surface area contributed by atoms with Crippen molar-refractivity contribution in [3.8, 4) is 0 Å². The lowest BCUT2D eigenvalue weighted by Crippen LogP contribution is -2.54. The van der Waals surface area contributed by atoms with E-state index >= 15 is 0 Å². The summed E-state index contributed by atoms with van der Waals surface area (Å²) in [7, 11) is 2.16. The number of rotatable bonds is 6. The summed E-state index contributed by atoms with van der Waals surface area (Å²) in [4.78, 5) is 57.0. The van der Waals surface area contributed by atoms with Gasteiger partial charge in [-0.1, -0.05) is 24.3 Å². The first-order valence-corrected chi connectivity index (χ1v) is 17.5. The summed E-state index contributed by atoms with van der Waals surface area (Å²) in [5.41, 5.74) is 4.02. The van der Waals surface area contributed by atoms with E-state index in [9.17, 15) is 14.4 Å². The maximum absolute atomic E-state index is 14.1. The molecule has 2 amide bonds. The minimum atomic E-state index is -0.939. The Bertz CT molecular complexity index is 2030. The number of carbonyl (C=O) groups excluding carboxylic acids is 2. The van der Waals surface area contributed by atoms with Crippen LogP contribution < -0.4 is 5.69 Å². The van der Waals surface area contributed by atoms with Crippen molar-refractivity contribution in [3.63, 3.8) is 0 Å². The van der Waals surface area contributed by atoms with Crippen molar-refractivity contribution < 1.29 is 14.3 Å². The number of aromatic amines is 2. The number of pyridine rings is 1. The zero-order valence-corrected chi connectivity index (χ0v) is 27.9. The van der Waals surface area contributed by atoms with Crippen LogP contribution in [0.3, 0.4) is 0 Å². The molecule has 3 aromatic heterocycles. The van der Waals surface area contributed by atoms with Crippen molar-refractivity contribution >= 4 is 44.8 Å². The molecule has 8 rings (SSSR count). The quantitative estimate of drug-likeness (QED) is 0.282. The number of aromatic nitrogens is 5. The molecule has 0 aliphatic carbocycles. The molecular formula is C36H43N9O4. The number of para-hydroxylation sites is 1. The molecule has 2 aromatic carbocycles. The Morgan fingerprint density at radius 3 is 2.43 bits per heavy atom. The van der Waals surface area contributed by atoms with Crippen LogP contribution in [-0.4, -0.2) is 128 Å². The van der Waals surface area contributed by atoms with Gasteiger partial charge in [-0.05, 0) is 56.5 Å². The van der Waals surface area contributed by atoms with Gasteiger partial charge in [-0.2, -0.15) is 5.10 Å². The summed E-state index contributed by atoms with van der Waals surface area (Å²) >= 11 is 0. The highest BCUT2D eigenvalue weighted by Gasteiger charge is 2.35. The highest BCUT2D eigenvalue weighted by Crippen LogP contribution is 2.28. The number of likely N-dealkylation sites (N-methyl/N-ethyl adjacent to an activating group) is 1. The topological polar surface area (TPSA) is 136 Å². The number of ether oxygens (including phenoxy) is 1. The highest BCUT2D eigenvalue weighted by molar-refractivity contribution is 6.01. The first kappa shape index (κ1) is 31.5. The van der Waals surface area contributed by atoms with Crippen LogP contribution in [0.5, 0.6) is 0 Å². The van der Waals surface area contributed by atoms with Crippen molar-refractivity contribution in [1.29, 1.82) is 0 Å².